The minimum absolute atomic E-state index is 0.425. The smallest absolute Gasteiger partial charge is 0.306 e. The van der Waals surface area contributed by atoms with E-state index in [1.165, 1.54) is 6.26 Å². The fourth-order valence-corrected chi connectivity index (χ4v) is 0.653. The zero-order chi connectivity index (χ0) is 6.81. The van der Waals surface area contributed by atoms with Gasteiger partial charge in [-0.15, -0.1) is 10.2 Å². The second kappa shape index (κ2) is 1.98. The highest BCUT2D eigenvalue weighted by atomic mass is 16.4. The van der Waals surface area contributed by atoms with Crippen molar-refractivity contribution >= 4 is 0 Å². The molecule has 0 aliphatic carbocycles. The third kappa shape index (κ3) is 0.699. The van der Waals surface area contributed by atoms with Gasteiger partial charge in [0.25, 0.3) is 5.89 Å². The number of rotatable bonds is 1. The van der Waals surface area contributed by atoms with Gasteiger partial charge in [-0.05, 0) is 6.07 Å². The zero-order valence-electron chi connectivity index (χ0n) is 4.94. The molecule has 2 rings (SSSR count). The number of aromatic nitrogens is 2. The predicted octanol–water partition coefficient (Wildman–Crippen LogP) is 1.13. The maximum absolute atomic E-state index is 4.80. The third-order valence-corrected chi connectivity index (χ3v) is 1.09. The van der Waals surface area contributed by atoms with Crippen LogP contribution in [0, 0.1) is 6.39 Å². The van der Waals surface area contributed by atoms with Crippen molar-refractivity contribution in [2.45, 2.75) is 0 Å². The molecule has 4 heteroatoms. The van der Waals surface area contributed by atoms with Gasteiger partial charge in [0.2, 0.25) is 0 Å². The van der Waals surface area contributed by atoms with Gasteiger partial charge in [-0.1, -0.05) is 0 Å². The predicted molar refractivity (Wildman–Crippen MR) is 30.8 cm³/mol. The summed E-state index contributed by atoms with van der Waals surface area (Å²) in [5.41, 5.74) is 0.772. The van der Waals surface area contributed by atoms with Gasteiger partial charge in [-0.3, -0.25) is 0 Å². The standard InChI is InChI=1S/C6H3N2O2/c1-2-9-3-5(1)6-8-7-4-10-6/h1-3H. The summed E-state index contributed by atoms with van der Waals surface area (Å²) in [6.45, 7) is 0. The zero-order valence-corrected chi connectivity index (χ0v) is 4.94. The van der Waals surface area contributed by atoms with Crippen LogP contribution < -0.4 is 0 Å². The van der Waals surface area contributed by atoms with Crippen LogP contribution in [-0.2, 0) is 0 Å². The highest BCUT2D eigenvalue weighted by Gasteiger charge is 2.02. The van der Waals surface area contributed by atoms with Gasteiger partial charge in [0, 0.05) is 0 Å². The normalized spacial score (nSPS) is 10.0. The largest absolute Gasteiger partial charge is 0.472 e. The van der Waals surface area contributed by atoms with Crippen molar-refractivity contribution in [1.82, 2.24) is 10.2 Å². The van der Waals surface area contributed by atoms with Crippen molar-refractivity contribution in [3.05, 3.63) is 25.0 Å². The summed E-state index contributed by atoms with van der Waals surface area (Å²) in [6.07, 6.45) is 5.31. The van der Waals surface area contributed by atoms with E-state index in [2.05, 4.69) is 16.6 Å². The van der Waals surface area contributed by atoms with Crippen LogP contribution in [0.25, 0.3) is 11.5 Å². The van der Waals surface area contributed by atoms with Crippen molar-refractivity contribution in [3.8, 4) is 11.5 Å². The molecule has 0 aliphatic rings. The van der Waals surface area contributed by atoms with Crippen LogP contribution in [0.2, 0.25) is 0 Å². The van der Waals surface area contributed by atoms with E-state index < -0.39 is 0 Å². The molecular weight excluding hydrogens is 132 g/mol. The van der Waals surface area contributed by atoms with Gasteiger partial charge in [-0.25, -0.2) is 0 Å². The van der Waals surface area contributed by atoms with Crippen LogP contribution in [0.5, 0.6) is 0 Å². The monoisotopic (exact) mass is 135 g/mol. The molecule has 0 amide bonds. The molecule has 0 aliphatic heterocycles. The topological polar surface area (TPSA) is 52.1 Å². The van der Waals surface area contributed by atoms with Gasteiger partial charge in [0.1, 0.15) is 6.26 Å². The molecular formula is C6H3N2O2. The second-order valence-corrected chi connectivity index (χ2v) is 1.71. The van der Waals surface area contributed by atoms with Gasteiger partial charge in [0.15, 0.2) is 0 Å². The van der Waals surface area contributed by atoms with Gasteiger partial charge >= 0.3 is 6.39 Å². The molecule has 0 aromatic carbocycles. The first-order valence-electron chi connectivity index (χ1n) is 2.69. The summed E-state index contributed by atoms with van der Waals surface area (Å²) in [4.78, 5) is 0. The first-order chi connectivity index (χ1) is 4.97. The van der Waals surface area contributed by atoms with Crippen LogP contribution in [-0.4, -0.2) is 10.2 Å². The van der Waals surface area contributed by atoms with E-state index in [9.17, 15) is 0 Å². The van der Waals surface area contributed by atoms with Crippen molar-refractivity contribution < 1.29 is 8.83 Å². The Morgan fingerprint density at radius 3 is 3.10 bits per heavy atom. The summed E-state index contributed by atoms with van der Waals surface area (Å²) in [6, 6.07) is 1.74. The maximum Gasteiger partial charge on any atom is 0.306 e. The summed E-state index contributed by atoms with van der Waals surface area (Å²) in [5, 5.41) is 7.02. The van der Waals surface area contributed by atoms with Crippen LogP contribution >= 0.6 is 0 Å². The van der Waals surface area contributed by atoms with E-state index in [1.54, 1.807) is 12.3 Å². The van der Waals surface area contributed by atoms with E-state index in [0.29, 0.717) is 5.89 Å². The van der Waals surface area contributed by atoms with Crippen LogP contribution in [0.3, 0.4) is 0 Å². The Labute approximate surface area is 56.5 Å². The van der Waals surface area contributed by atoms with Crippen LogP contribution in [0.15, 0.2) is 27.4 Å². The molecule has 0 unspecified atom stereocenters. The van der Waals surface area contributed by atoms with Crippen molar-refractivity contribution in [2.24, 2.45) is 0 Å². The Bertz CT molecular complexity index is 253. The molecule has 0 fully saturated rings. The average molecular weight is 135 g/mol. The minimum Gasteiger partial charge on any atom is -0.472 e. The van der Waals surface area contributed by atoms with Crippen molar-refractivity contribution in [3.63, 3.8) is 0 Å². The third-order valence-electron chi connectivity index (χ3n) is 1.09. The molecule has 0 spiro atoms. The molecule has 2 aromatic heterocycles. The molecule has 4 nitrogen and oxygen atoms in total. The lowest BCUT2D eigenvalue weighted by molar-refractivity contribution is 0.549. The van der Waals surface area contributed by atoms with Crippen molar-refractivity contribution in [1.29, 1.82) is 0 Å². The highest BCUT2D eigenvalue weighted by molar-refractivity contribution is 5.48. The van der Waals surface area contributed by atoms with Crippen LogP contribution in [0.1, 0.15) is 0 Å². The fourth-order valence-electron chi connectivity index (χ4n) is 0.653. The van der Waals surface area contributed by atoms with Crippen molar-refractivity contribution in [2.75, 3.05) is 0 Å². The molecule has 0 saturated heterocycles. The van der Waals surface area contributed by atoms with Gasteiger partial charge < -0.3 is 8.83 Å². The number of hydrogen-bond donors (Lipinski definition) is 0. The summed E-state index contributed by atoms with van der Waals surface area (Å²) in [7, 11) is 0. The summed E-state index contributed by atoms with van der Waals surface area (Å²) >= 11 is 0. The van der Waals surface area contributed by atoms with E-state index in [1.807, 2.05) is 0 Å². The molecule has 49 valence electrons. The lowest BCUT2D eigenvalue weighted by Crippen LogP contribution is -1.70. The molecule has 1 radical (unpaired) electrons. The second-order valence-electron chi connectivity index (χ2n) is 1.71. The molecule has 2 heterocycles. The Hall–Kier alpha value is -1.58. The molecule has 0 saturated carbocycles. The first-order valence-corrected chi connectivity index (χ1v) is 2.69. The fraction of sp³-hybridized carbons (Fsp3) is 0. The summed E-state index contributed by atoms with van der Waals surface area (Å²) in [5.74, 6) is 0.425. The molecule has 0 bridgehead atoms. The number of hydrogen-bond acceptors (Lipinski definition) is 4. The van der Waals surface area contributed by atoms with Gasteiger partial charge in [0.05, 0.1) is 11.8 Å². The van der Waals surface area contributed by atoms with E-state index in [4.69, 9.17) is 8.83 Å². The lowest BCUT2D eigenvalue weighted by atomic mass is 10.3. The van der Waals surface area contributed by atoms with Crippen LogP contribution in [0.4, 0.5) is 0 Å². The Morgan fingerprint density at radius 1 is 1.50 bits per heavy atom. The quantitative estimate of drug-likeness (QED) is 0.588. The number of nitrogens with zero attached hydrogens (tertiary/aromatic N) is 2. The molecule has 0 N–H and O–H groups in total. The van der Waals surface area contributed by atoms with Gasteiger partial charge in [-0.2, -0.15) is 0 Å². The first kappa shape index (κ1) is 5.22. The highest BCUT2D eigenvalue weighted by Crippen LogP contribution is 2.14. The molecule has 2 aromatic rings. The molecule has 10 heavy (non-hydrogen) atoms. The van der Waals surface area contributed by atoms with E-state index >= 15 is 0 Å². The lowest BCUT2D eigenvalue weighted by Gasteiger charge is -1.79. The Balaban J connectivity index is 2.48. The van der Waals surface area contributed by atoms with E-state index in [-0.39, 0.29) is 0 Å². The Kier molecular flexibility index (Phi) is 1.04. The summed E-state index contributed by atoms with van der Waals surface area (Å²) < 4.78 is 9.57. The average Bonchev–Trinajstić information content (AvgIpc) is 2.59. The Morgan fingerprint density at radius 2 is 2.50 bits per heavy atom. The SMILES string of the molecule is [c]1nnc(-c2ccoc2)o1. The maximum atomic E-state index is 4.80. The molecule has 0 atom stereocenters. The number of furan rings is 1. The van der Waals surface area contributed by atoms with E-state index in [0.717, 1.165) is 5.56 Å². The minimum atomic E-state index is 0.425.